The Labute approximate surface area is 151 Å². The van der Waals surface area contributed by atoms with E-state index in [9.17, 15) is 8.42 Å². The molecule has 0 radical (unpaired) electrons. The largest absolute Gasteiger partial charge is 0.493 e. The Kier molecular flexibility index (Phi) is 6.26. The molecule has 0 N–H and O–H groups in total. The van der Waals surface area contributed by atoms with E-state index in [0.29, 0.717) is 18.1 Å². The first-order valence-corrected chi connectivity index (χ1v) is 9.63. The predicted octanol–water partition coefficient (Wildman–Crippen LogP) is 3.68. The van der Waals surface area contributed by atoms with E-state index in [1.807, 2.05) is 13.0 Å². The van der Waals surface area contributed by atoms with E-state index in [1.165, 1.54) is 4.31 Å². The number of sulfonamides is 1. The summed E-state index contributed by atoms with van der Waals surface area (Å²) in [6.07, 6.45) is 0. The lowest BCUT2D eigenvalue weighted by atomic mass is 10.2. The molecule has 0 fully saturated rings. The second-order valence-electron chi connectivity index (χ2n) is 5.14. The van der Waals surface area contributed by atoms with Crippen molar-refractivity contribution in [2.45, 2.75) is 18.4 Å². The summed E-state index contributed by atoms with van der Waals surface area (Å²) < 4.78 is 38.1. The summed E-state index contributed by atoms with van der Waals surface area (Å²) in [5.74, 6) is 1.23. The lowest BCUT2D eigenvalue weighted by Crippen LogP contribution is -2.26. The highest BCUT2D eigenvalue weighted by Gasteiger charge is 2.21. The first-order chi connectivity index (χ1) is 11.4. The fourth-order valence-corrected chi connectivity index (χ4v) is 3.99. The minimum absolute atomic E-state index is 0.234. The van der Waals surface area contributed by atoms with Crippen molar-refractivity contribution in [1.29, 1.82) is 0 Å². The van der Waals surface area contributed by atoms with Crippen LogP contribution in [0.15, 0.2) is 51.8 Å². The van der Waals surface area contributed by atoms with Gasteiger partial charge >= 0.3 is 0 Å². The molecule has 0 saturated carbocycles. The van der Waals surface area contributed by atoms with Gasteiger partial charge in [-0.1, -0.05) is 28.1 Å². The molecule has 0 aliphatic carbocycles. The third kappa shape index (κ3) is 4.28. The van der Waals surface area contributed by atoms with Gasteiger partial charge in [0.1, 0.15) is 0 Å². The number of benzene rings is 2. The second-order valence-corrected chi connectivity index (χ2v) is 8.10. The normalized spacial score (nSPS) is 11.5. The Morgan fingerprint density at radius 2 is 1.88 bits per heavy atom. The van der Waals surface area contributed by atoms with Crippen LogP contribution in [-0.4, -0.2) is 33.5 Å². The van der Waals surface area contributed by atoms with Crippen LogP contribution in [0.5, 0.6) is 11.5 Å². The molecule has 0 saturated heterocycles. The Hall–Kier alpha value is -1.57. The summed E-state index contributed by atoms with van der Waals surface area (Å²) in [6, 6.07) is 12.1. The molecular weight excluding hydrogens is 394 g/mol. The molecule has 0 atom stereocenters. The molecule has 5 nitrogen and oxygen atoms in total. The van der Waals surface area contributed by atoms with Crippen LogP contribution in [0.3, 0.4) is 0 Å². The van der Waals surface area contributed by atoms with Crippen molar-refractivity contribution >= 4 is 26.0 Å². The fraction of sp³-hybridized carbons (Fsp3) is 0.294. The average molecular weight is 414 g/mol. The van der Waals surface area contributed by atoms with Gasteiger partial charge in [-0.3, -0.25) is 0 Å². The molecule has 0 spiro atoms. The summed E-state index contributed by atoms with van der Waals surface area (Å²) in [5, 5.41) is 0. The molecule has 0 aromatic heterocycles. The van der Waals surface area contributed by atoms with Crippen molar-refractivity contribution in [3.05, 3.63) is 52.5 Å². The Morgan fingerprint density at radius 1 is 1.12 bits per heavy atom. The Morgan fingerprint density at radius 3 is 2.50 bits per heavy atom. The van der Waals surface area contributed by atoms with Crippen molar-refractivity contribution in [1.82, 2.24) is 4.31 Å². The first kappa shape index (κ1) is 18.8. The van der Waals surface area contributed by atoms with Gasteiger partial charge in [-0.25, -0.2) is 8.42 Å². The van der Waals surface area contributed by atoms with Gasteiger partial charge < -0.3 is 9.47 Å². The van der Waals surface area contributed by atoms with E-state index in [2.05, 4.69) is 15.9 Å². The molecule has 0 heterocycles. The monoisotopic (exact) mass is 413 g/mol. The van der Waals surface area contributed by atoms with Crippen molar-refractivity contribution in [2.75, 3.05) is 20.8 Å². The molecule has 2 aromatic carbocycles. The van der Waals surface area contributed by atoms with Crippen LogP contribution >= 0.6 is 15.9 Å². The summed E-state index contributed by atoms with van der Waals surface area (Å²) >= 11 is 3.30. The third-order valence-electron chi connectivity index (χ3n) is 3.44. The zero-order chi connectivity index (χ0) is 17.7. The van der Waals surface area contributed by atoms with Crippen LogP contribution in [0.25, 0.3) is 0 Å². The van der Waals surface area contributed by atoms with Crippen LogP contribution in [0, 0.1) is 0 Å². The van der Waals surface area contributed by atoms with Crippen molar-refractivity contribution in [2.24, 2.45) is 0 Å². The van der Waals surface area contributed by atoms with E-state index in [1.54, 1.807) is 50.6 Å². The van der Waals surface area contributed by atoms with Gasteiger partial charge in [0.05, 0.1) is 18.6 Å². The van der Waals surface area contributed by atoms with E-state index in [4.69, 9.17) is 9.47 Å². The summed E-state index contributed by atoms with van der Waals surface area (Å²) in [6.45, 7) is 2.66. The van der Waals surface area contributed by atoms with Crippen LogP contribution in [0.2, 0.25) is 0 Å². The highest BCUT2D eigenvalue weighted by molar-refractivity contribution is 9.10. The second kappa shape index (κ2) is 8.00. The lowest BCUT2D eigenvalue weighted by molar-refractivity contribution is 0.310. The Balaban J connectivity index is 2.24. The van der Waals surface area contributed by atoms with Crippen LogP contribution in [0.4, 0.5) is 0 Å². The van der Waals surface area contributed by atoms with Crippen LogP contribution < -0.4 is 9.47 Å². The molecule has 0 aliphatic rings. The van der Waals surface area contributed by atoms with E-state index in [0.717, 1.165) is 10.0 Å². The molecule has 2 rings (SSSR count). The average Bonchev–Trinajstić information content (AvgIpc) is 2.56. The third-order valence-corrected chi connectivity index (χ3v) is 5.73. The Bertz CT molecular complexity index is 808. The molecule has 0 aliphatic heterocycles. The molecule has 0 amide bonds. The topological polar surface area (TPSA) is 55.8 Å². The summed E-state index contributed by atoms with van der Waals surface area (Å²) in [4.78, 5) is 0.247. The molecule has 7 heteroatoms. The maximum absolute atomic E-state index is 12.7. The van der Waals surface area contributed by atoms with Gasteiger partial charge in [-0.15, -0.1) is 0 Å². The minimum Gasteiger partial charge on any atom is -0.493 e. The standard InChI is InChI=1S/C17H20BrNO4S/c1-4-23-16-9-8-13(10-17(16)22-3)12-19(2)24(20,21)15-7-5-6-14(18)11-15/h5-11H,4,12H2,1-3H3. The van der Waals surface area contributed by atoms with Crippen LogP contribution in [-0.2, 0) is 16.6 Å². The first-order valence-electron chi connectivity index (χ1n) is 7.40. The maximum atomic E-state index is 12.7. The number of hydrogen-bond donors (Lipinski definition) is 0. The molecule has 0 unspecified atom stereocenters. The number of halogens is 1. The molecule has 2 aromatic rings. The SMILES string of the molecule is CCOc1ccc(CN(C)S(=O)(=O)c2cccc(Br)c2)cc1OC. The number of nitrogens with zero attached hydrogens (tertiary/aromatic N) is 1. The van der Waals surface area contributed by atoms with Gasteiger partial charge in [0.2, 0.25) is 10.0 Å². The van der Waals surface area contributed by atoms with E-state index < -0.39 is 10.0 Å². The highest BCUT2D eigenvalue weighted by Crippen LogP contribution is 2.29. The quantitative estimate of drug-likeness (QED) is 0.694. The van der Waals surface area contributed by atoms with Gasteiger partial charge in [-0.05, 0) is 42.8 Å². The highest BCUT2D eigenvalue weighted by atomic mass is 79.9. The zero-order valence-electron chi connectivity index (χ0n) is 13.8. The number of methoxy groups -OCH3 is 1. The minimum atomic E-state index is -3.57. The number of ether oxygens (including phenoxy) is 2. The maximum Gasteiger partial charge on any atom is 0.243 e. The zero-order valence-corrected chi connectivity index (χ0v) is 16.2. The van der Waals surface area contributed by atoms with Gasteiger partial charge in [0.15, 0.2) is 11.5 Å². The van der Waals surface area contributed by atoms with Crippen molar-refractivity contribution in [3.63, 3.8) is 0 Å². The molecule has 130 valence electrons. The predicted molar refractivity (Wildman–Crippen MR) is 97.0 cm³/mol. The summed E-state index contributed by atoms with van der Waals surface area (Å²) in [7, 11) is -0.454. The van der Waals surface area contributed by atoms with Gasteiger partial charge in [0.25, 0.3) is 0 Å². The molecule has 0 bridgehead atoms. The smallest absolute Gasteiger partial charge is 0.243 e. The van der Waals surface area contributed by atoms with E-state index in [-0.39, 0.29) is 11.4 Å². The number of hydrogen-bond acceptors (Lipinski definition) is 4. The van der Waals surface area contributed by atoms with Gasteiger partial charge in [-0.2, -0.15) is 4.31 Å². The van der Waals surface area contributed by atoms with Crippen molar-refractivity contribution in [3.8, 4) is 11.5 Å². The number of rotatable bonds is 7. The van der Waals surface area contributed by atoms with Gasteiger partial charge in [0, 0.05) is 18.1 Å². The summed E-state index contributed by atoms with van der Waals surface area (Å²) in [5.41, 5.74) is 0.816. The van der Waals surface area contributed by atoms with E-state index >= 15 is 0 Å². The molecule has 24 heavy (non-hydrogen) atoms. The molecular formula is C17H20BrNO4S. The lowest BCUT2D eigenvalue weighted by Gasteiger charge is -2.18. The van der Waals surface area contributed by atoms with Crippen molar-refractivity contribution < 1.29 is 17.9 Å². The van der Waals surface area contributed by atoms with Crippen LogP contribution in [0.1, 0.15) is 12.5 Å². The fourth-order valence-electron chi connectivity index (χ4n) is 2.23.